The molecule has 2 aromatic carbocycles. The van der Waals surface area contributed by atoms with Gasteiger partial charge in [-0.2, -0.15) is 0 Å². The van der Waals surface area contributed by atoms with E-state index in [1.54, 1.807) is 34.0 Å². The molecule has 0 aliphatic carbocycles. The molecule has 0 unspecified atom stereocenters. The van der Waals surface area contributed by atoms with E-state index in [0.29, 0.717) is 0 Å². The lowest BCUT2D eigenvalue weighted by Crippen LogP contribution is -1.76. The maximum atomic E-state index is 3.26. The molecular formula is C32H20S3. The van der Waals surface area contributed by atoms with Crippen LogP contribution in [0.3, 0.4) is 0 Å². The highest BCUT2D eigenvalue weighted by molar-refractivity contribution is 7.13. The van der Waals surface area contributed by atoms with Crippen LogP contribution in [-0.2, 0) is 0 Å². The van der Waals surface area contributed by atoms with Gasteiger partial charge in [0.15, 0.2) is 0 Å². The largest absolute Gasteiger partial charge is 0.144 e. The van der Waals surface area contributed by atoms with Crippen LogP contribution in [-0.4, -0.2) is 0 Å². The van der Waals surface area contributed by atoms with E-state index in [-0.39, 0.29) is 0 Å². The second kappa shape index (κ2) is 11.5. The Labute approximate surface area is 218 Å². The van der Waals surface area contributed by atoms with Gasteiger partial charge in [-0.05, 0) is 82.6 Å². The molecule has 5 aromatic rings. The standard InChI is InChI=1S/C32H20S3/c1-3-29(33-23-1)17-13-25-5-9-27(10-6-25)15-19-31-21-22-32(35-31)20-16-28-11-7-26(8-12-28)14-18-30-4-2-24-34-30/h1-14,17-18,21-24H/b17-13+,18-14+. The highest BCUT2D eigenvalue weighted by atomic mass is 32.1. The Morgan fingerprint density at radius 2 is 0.914 bits per heavy atom. The molecule has 3 aromatic heterocycles. The van der Waals surface area contributed by atoms with E-state index >= 15 is 0 Å². The van der Waals surface area contributed by atoms with E-state index in [1.165, 1.54) is 20.9 Å². The molecule has 0 aliphatic rings. The van der Waals surface area contributed by atoms with Crippen molar-refractivity contribution in [2.45, 2.75) is 0 Å². The van der Waals surface area contributed by atoms with Crippen molar-refractivity contribution < 1.29 is 0 Å². The summed E-state index contributed by atoms with van der Waals surface area (Å²) in [5.74, 6) is 13.0. The molecule has 0 saturated carbocycles. The molecule has 3 heterocycles. The molecule has 0 aliphatic heterocycles. The molecule has 35 heavy (non-hydrogen) atoms. The second-order valence-corrected chi connectivity index (χ2v) is 10.6. The summed E-state index contributed by atoms with van der Waals surface area (Å²) in [6.45, 7) is 0. The lowest BCUT2D eigenvalue weighted by molar-refractivity contribution is 1.61. The van der Waals surface area contributed by atoms with Gasteiger partial charge in [-0.25, -0.2) is 0 Å². The zero-order valence-electron chi connectivity index (χ0n) is 18.8. The van der Waals surface area contributed by atoms with Crippen LogP contribution in [0.25, 0.3) is 24.3 Å². The van der Waals surface area contributed by atoms with Gasteiger partial charge in [0.25, 0.3) is 0 Å². The fourth-order valence-electron chi connectivity index (χ4n) is 3.22. The summed E-state index contributed by atoms with van der Waals surface area (Å²) in [6.07, 6.45) is 8.53. The van der Waals surface area contributed by atoms with E-state index in [1.807, 2.05) is 12.1 Å². The van der Waals surface area contributed by atoms with E-state index in [9.17, 15) is 0 Å². The molecule has 0 spiro atoms. The van der Waals surface area contributed by atoms with Gasteiger partial charge >= 0.3 is 0 Å². The molecule has 0 radical (unpaired) electrons. The minimum atomic E-state index is 1.01. The minimum absolute atomic E-state index is 1.01. The van der Waals surface area contributed by atoms with Crippen LogP contribution in [0.4, 0.5) is 0 Å². The van der Waals surface area contributed by atoms with Crippen molar-refractivity contribution in [2.75, 3.05) is 0 Å². The highest BCUT2D eigenvalue weighted by Gasteiger charge is 1.96. The van der Waals surface area contributed by atoms with Gasteiger partial charge < -0.3 is 0 Å². The normalized spacial score (nSPS) is 10.7. The zero-order valence-corrected chi connectivity index (χ0v) is 21.2. The lowest BCUT2D eigenvalue weighted by atomic mass is 10.1. The van der Waals surface area contributed by atoms with Gasteiger partial charge in [-0.1, -0.05) is 72.2 Å². The second-order valence-electron chi connectivity index (χ2n) is 7.61. The van der Waals surface area contributed by atoms with E-state index in [2.05, 4.69) is 132 Å². The third-order valence-electron chi connectivity index (χ3n) is 5.05. The third-order valence-corrected chi connectivity index (χ3v) is 7.65. The Hall–Kier alpha value is -3.86. The topological polar surface area (TPSA) is 0 Å². The van der Waals surface area contributed by atoms with Crippen molar-refractivity contribution in [1.29, 1.82) is 0 Å². The van der Waals surface area contributed by atoms with Gasteiger partial charge in [0.2, 0.25) is 0 Å². The molecule has 3 heteroatoms. The molecule has 0 atom stereocenters. The smallest absolute Gasteiger partial charge is 0.0785 e. The van der Waals surface area contributed by atoms with E-state index in [0.717, 1.165) is 20.9 Å². The first-order valence-electron chi connectivity index (χ1n) is 11.1. The number of thiophene rings is 3. The van der Waals surface area contributed by atoms with Crippen LogP contribution in [0.2, 0.25) is 0 Å². The van der Waals surface area contributed by atoms with Crippen LogP contribution in [0.1, 0.15) is 41.8 Å². The Balaban J connectivity index is 1.19. The molecule has 5 rings (SSSR count). The van der Waals surface area contributed by atoms with Gasteiger partial charge in [-0.3, -0.25) is 0 Å². The minimum Gasteiger partial charge on any atom is -0.144 e. The highest BCUT2D eigenvalue weighted by Crippen LogP contribution is 2.17. The third kappa shape index (κ3) is 6.82. The van der Waals surface area contributed by atoms with Gasteiger partial charge in [0.05, 0.1) is 9.75 Å². The summed E-state index contributed by atoms with van der Waals surface area (Å²) in [5.41, 5.74) is 4.36. The first kappa shape index (κ1) is 22.9. The maximum Gasteiger partial charge on any atom is 0.0785 e. The first-order chi connectivity index (χ1) is 17.3. The first-order valence-corrected chi connectivity index (χ1v) is 13.6. The summed E-state index contributed by atoms with van der Waals surface area (Å²) >= 11 is 5.10. The summed E-state index contributed by atoms with van der Waals surface area (Å²) in [4.78, 5) is 4.55. The van der Waals surface area contributed by atoms with Crippen molar-refractivity contribution in [3.63, 3.8) is 0 Å². The number of hydrogen-bond acceptors (Lipinski definition) is 3. The summed E-state index contributed by atoms with van der Waals surface area (Å²) < 4.78 is 0. The van der Waals surface area contributed by atoms with Crippen molar-refractivity contribution in [2.24, 2.45) is 0 Å². The number of hydrogen-bond donors (Lipinski definition) is 0. The summed E-state index contributed by atoms with van der Waals surface area (Å²) in [6, 6.07) is 29.1. The van der Waals surface area contributed by atoms with Crippen molar-refractivity contribution in [1.82, 2.24) is 0 Å². The Kier molecular flexibility index (Phi) is 7.54. The lowest BCUT2D eigenvalue weighted by Gasteiger charge is -1.94. The maximum absolute atomic E-state index is 3.26. The van der Waals surface area contributed by atoms with Gasteiger partial charge in [-0.15, -0.1) is 34.0 Å². The average molecular weight is 501 g/mol. The monoisotopic (exact) mass is 500 g/mol. The SMILES string of the molecule is C(#Cc1ccc(C#Cc2ccc(/C=C/c3cccs3)cc2)s1)c1ccc(/C=C/c2cccs2)cc1. The Morgan fingerprint density at radius 3 is 1.31 bits per heavy atom. The molecule has 0 bridgehead atoms. The van der Waals surface area contributed by atoms with Crippen LogP contribution in [0.15, 0.2) is 95.7 Å². The number of benzene rings is 2. The van der Waals surface area contributed by atoms with Crippen LogP contribution < -0.4 is 0 Å². The van der Waals surface area contributed by atoms with Crippen molar-refractivity contribution >= 4 is 58.3 Å². The summed E-state index contributed by atoms with van der Waals surface area (Å²) in [7, 11) is 0. The molecule has 0 N–H and O–H groups in total. The van der Waals surface area contributed by atoms with Crippen LogP contribution in [0, 0.1) is 23.7 Å². The molecule has 0 amide bonds. The fourth-order valence-corrected chi connectivity index (χ4v) is 5.17. The van der Waals surface area contributed by atoms with E-state index in [4.69, 9.17) is 0 Å². The predicted octanol–water partition coefficient (Wildman–Crippen LogP) is 9.01. The van der Waals surface area contributed by atoms with E-state index < -0.39 is 0 Å². The Morgan fingerprint density at radius 1 is 0.457 bits per heavy atom. The molecule has 0 nitrogen and oxygen atoms in total. The molecular weight excluding hydrogens is 481 g/mol. The Bertz CT molecular complexity index is 1430. The van der Waals surface area contributed by atoms with Crippen molar-refractivity contribution in [3.05, 3.63) is 137 Å². The predicted molar refractivity (Wildman–Crippen MR) is 156 cm³/mol. The van der Waals surface area contributed by atoms with Gasteiger partial charge in [0, 0.05) is 20.9 Å². The molecule has 0 fully saturated rings. The van der Waals surface area contributed by atoms with Crippen LogP contribution >= 0.6 is 34.0 Å². The zero-order chi connectivity index (χ0) is 23.7. The van der Waals surface area contributed by atoms with Gasteiger partial charge in [0.1, 0.15) is 0 Å². The number of rotatable bonds is 4. The van der Waals surface area contributed by atoms with Crippen molar-refractivity contribution in [3.8, 4) is 23.7 Å². The average Bonchev–Trinajstić information content (AvgIpc) is 3.68. The molecule has 0 saturated heterocycles. The quantitative estimate of drug-likeness (QED) is 0.216. The fraction of sp³-hybridized carbons (Fsp3) is 0. The molecule has 166 valence electrons. The summed E-state index contributed by atoms with van der Waals surface area (Å²) in [5, 5.41) is 4.17. The van der Waals surface area contributed by atoms with Crippen LogP contribution in [0.5, 0.6) is 0 Å².